The zero-order valence-electron chi connectivity index (χ0n) is 14.1. The molecule has 0 saturated carbocycles. The number of rotatable bonds is 6. The van der Waals surface area contributed by atoms with Crippen LogP contribution in [-0.2, 0) is 15.6 Å². The molecule has 142 valence electrons. The average Bonchev–Trinajstić information content (AvgIpc) is 3.40. The highest BCUT2D eigenvalue weighted by atomic mass is 32.2. The number of benzene rings is 1. The van der Waals surface area contributed by atoms with Gasteiger partial charge in [0.15, 0.2) is 17.1 Å². The SMILES string of the molecule is O=S(=O)(NC[C@@](O)(c1ccco1)c1cccs1)c1ccc2c(c1)OCCO2. The molecule has 1 aliphatic heterocycles. The van der Waals surface area contributed by atoms with Gasteiger partial charge in [-0.25, -0.2) is 13.1 Å². The zero-order valence-corrected chi connectivity index (χ0v) is 15.8. The van der Waals surface area contributed by atoms with Crippen molar-refractivity contribution in [2.75, 3.05) is 19.8 Å². The Morgan fingerprint density at radius 3 is 2.63 bits per heavy atom. The summed E-state index contributed by atoms with van der Waals surface area (Å²) in [5.74, 6) is 1.14. The van der Waals surface area contributed by atoms with Gasteiger partial charge in [-0.1, -0.05) is 6.07 Å². The first-order valence-electron chi connectivity index (χ1n) is 8.19. The van der Waals surface area contributed by atoms with Gasteiger partial charge in [-0.05, 0) is 35.7 Å². The molecule has 3 aromatic rings. The van der Waals surface area contributed by atoms with Crippen LogP contribution >= 0.6 is 11.3 Å². The lowest BCUT2D eigenvalue weighted by molar-refractivity contribution is 0.0655. The maximum atomic E-state index is 12.8. The number of thiophene rings is 1. The largest absolute Gasteiger partial charge is 0.486 e. The van der Waals surface area contributed by atoms with Crippen LogP contribution in [0.3, 0.4) is 0 Å². The van der Waals surface area contributed by atoms with Gasteiger partial charge in [-0.2, -0.15) is 0 Å². The molecule has 0 amide bonds. The van der Waals surface area contributed by atoms with Gasteiger partial charge in [0.25, 0.3) is 0 Å². The van der Waals surface area contributed by atoms with E-state index in [9.17, 15) is 13.5 Å². The van der Waals surface area contributed by atoms with Crippen molar-refractivity contribution in [2.45, 2.75) is 10.5 Å². The molecule has 1 aromatic carbocycles. The number of nitrogens with one attached hydrogen (secondary N) is 1. The molecular weight excluding hydrogens is 390 g/mol. The maximum absolute atomic E-state index is 12.8. The van der Waals surface area contributed by atoms with Crippen LogP contribution in [0.15, 0.2) is 63.4 Å². The molecular formula is C18H17NO6S2. The molecule has 0 spiro atoms. The summed E-state index contributed by atoms with van der Waals surface area (Å²) in [5, 5.41) is 13.0. The van der Waals surface area contributed by atoms with Gasteiger partial charge < -0.3 is 19.0 Å². The topological polar surface area (TPSA) is 98.0 Å². The smallest absolute Gasteiger partial charge is 0.240 e. The van der Waals surface area contributed by atoms with E-state index in [1.165, 1.54) is 29.7 Å². The third kappa shape index (κ3) is 3.46. The average molecular weight is 407 g/mol. The Bertz CT molecular complexity index is 978. The summed E-state index contributed by atoms with van der Waals surface area (Å²) in [7, 11) is -3.89. The third-order valence-electron chi connectivity index (χ3n) is 4.20. The predicted molar refractivity (Wildman–Crippen MR) is 98.6 cm³/mol. The van der Waals surface area contributed by atoms with E-state index in [1.54, 1.807) is 35.7 Å². The van der Waals surface area contributed by atoms with Crippen LogP contribution in [-0.4, -0.2) is 33.3 Å². The number of sulfonamides is 1. The first kappa shape index (κ1) is 18.1. The minimum atomic E-state index is -3.89. The first-order chi connectivity index (χ1) is 13.0. The van der Waals surface area contributed by atoms with E-state index < -0.39 is 15.6 Å². The monoisotopic (exact) mass is 407 g/mol. The predicted octanol–water partition coefficient (Wildman–Crippen LogP) is 2.33. The fraction of sp³-hybridized carbons (Fsp3) is 0.222. The molecule has 7 nitrogen and oxygen atoms in total. The van der Waals surface area contributed by atoms with Gasteiger partial charge in [-0.15, -0.1) is 11.3 Å². The van der Waals surface area contributed by atoms with Gasteiger partial charge in [0, 0.05) is 10.9 Å². The van der Waals surface area contributed by atoms with E-state index in [1.807, 2.05) is 0 Å². The molecule has 0 aliphatic carbocycles. The Morgan fingerprint density at radius 1 is 1.11 bits per heavy atom. The van der Waals surface area contributed by atoms with Crippen LogP contribution < -0.4 is 14.2 Å². The summed E-state index contributed by atoms with van der Waals surface area (Å²) in [5.41, 5.74) is -1.61. The fourth-order valence-corrected chi connectivity index (χ4v) is 4.70. The van der Waals surface area contributed by atoms with Gasteiger partial charge in [0.1, 0.15) is 19.0 Å². The Morgan fingerprint density at radius 2 is 1.93 bits per heavy atom. The number of fused-ring (bicyclic) bond motifs is 1. The lowest BCUT2D eigenvalue weighted by Gasteiger charge is -2.25. The second-order valence-electron chi connectivity index (χ2n) is 5.94. The lowest BCUT2D eigenvalue weighted by Crippen LogP contribution is -2.41. The van der Waals surface area contributed by atoms with Crippen LogP contribution in [0.25, 0.3) is 0 Å². The molecule has 3 heterocycles. The Labute approximate surface area is 160 Å². The molecule has 2 N–H and O–H groups in total. The first-order valence-corrected chi connectivity index (χ1v) is 10.5. The maximum Gasteiger partial charge on any atom is 0.240 e. The molecule has 1 atom stereocenters. The third-order valence-corrected chi connectivity index (χ3v) is 6.62. The summed E-state index contributed by atoms with van der Waals surface area (Å²) in [6, 6.07) is 11.2. The van der Waals surface area contributed by atoms with Crippen molar-refractivity contribution in [2.24, 2.45) is 0 Å². The standard InChI is InChI=1S/C18H17NO6S2/c20-18(16-3-1-7-25-16,17-4-2-10-26-17)12-19-27(21,22)13-5-6-14-15(11-13)24-9-8-23-14/h1-7,10-11,19-20H,8-9,12H2/t18-/m1/s1. The number of hydrogen-bond donors (Lipinski definition) is 2. The van der Waals surface area contributed by atoms with E-state index >= 15 is 0 Å². The van der Waals surface area contributed by atoms with Gasteiger partial charge in [-0.3, -0.25) is 0 Å². The van der Waals surface area contributed by atoms with Crippen LogP contribution in [0.5, 0.6) is 11.5 Å². The summed E-state index contributed by atoms with van der Waals surface area (Å²) in [6.07, 6.45) is 1.43. The van der Waals surface area contributed by atoms with Gasteiger partial charge in [0.2, 0.25) is 10.0 Å². The minimum absolute atomic E-state index is 0.0275. The van der Waals surface area contributed by atoms with E-state index in [2.05, 4.69) is 4.72 Å². The minimum Gasteiger partial charge on any atom is -0.486 e. The van der Waals surface area contributed by atoms with E-state index in [4.69, 9.17) is 13.9 Å². The van der Waals surface area contributed by atoms with Crippen molar-refractivity contribution in [3.05, 3.63) is 64.7 Å². The van der Waals surface area contributed by atoms with E-state index in [0.717, 1.165) is 0 Å². The van der Waals surface area contributed by atoms with E-state index in [0.29, 0.717) is 29.6 Å². The molecule has 2 aromatic heterocycles. The second kappa shape index (κ2) is 7.01. The summed E-state index contributed by atoms with van der Waals surface area (Å²) < 4.78 is 44.2. The number of aliphatic hydroxyl groups is 1. The Hall–Kier alpha value is -2.33. The molecule has 0 unspecified atom stereocenters. The number of ether oxygens (including phenoxy) is 2. The van der Waals surface area contributed by atoms with Crippen molar-refractivity contribution in [1.82, 2.24) is 4.72 Å². The van der Waals surface area contributed by atoms with Crippen molar-refractivity contribution < 1.29 is 27.4 Å². The highest BCUT2D eigenvalue weighted by Gasteiger charge is 2.37. The highest BCUT2D eigenvalue weighted by molar-refractivity contribution is 7.89. The summed E-state index contributed by atoms with van der Waals surface area (Å²) >= 11 is 1.31. The van der Waals surface area contributed by atoms with Crippen LogP contribution in [0.4, 0.5) is 0 Å². The molecule has 0 fully saturated rings. The number of hydrogen-bond acceptors (Lipinski definition) is 7. The zero-order chi connectivity index (χ0) is 18.9. The molecule has 4 rings (SSSR count). The van der Waals surface area contributed by atoms with E-state index in [-0.39, 0.29) is 17.2 Å². The summed E-state index contributed by atoms with van der Waals surface area (Å²) in [4.78, 5) is 0.599. The van der Waals surface area contributed by atoms with Crippen molar-refractivity contribution in [1.29, 1.82) is 0 Å². The second-order valence-corrected chi connectivity index (χ2v) is 8.66. The number of furan rings is 1. The van der Waals surface area contributed by atoms with Crippen LogP contribution in [0.2, 0.25) is 0 Å². The Kier molecular flexibility index (Phi) is 4.68. The van der Waals surface area contributed by atoms with Crippen molar-refractivity contribution >= 4 is 21.4 Å². The van der Waals surface area contributed by atoms with Crippen LogP contribution in [0, 0.1) is 0 Å². The lowest BCUT2D eigenvalue weighted by atomic mass is 9.99. The molecule has 0 saturated heterocycles. The van der Waals surface area contributed by atoms with Gasteiger partial charge >= 0.3 is 0 Å². The molecule has 1 aliphatic rings. The Balaban J connectivity index is 1.61. The molecule has 9 heteroatoms. The van der Waals surface area contributed by atoms with Gasteiger partial charge in [0.05, 0.1) is 17.7 Å². The molecule has 27 heavy (non-hydrogen) atoms. The summed E-state index contributed by atoms with van der Waals surface area (Å²) in [6.45, 7) is 0.507. The van der Waals surface area contributed by atoms with Crippen molar-refractivity contribution in [3.63, 3.8) is 0 Å². The molecule has 0 radical (unpaired) electrons. The quantitative estimate of drug-likeness (QED) is 0.651. The van der Waals surface area contributed by atoms with Crippen LogP contribution in [0.1, 0.15) is 10.6 Å². The highest BCUT2D eigenvalue weighted by Crippen LogP contribution is 2.34. The van der Waals surface area contributed by atoms with Crippen molar-refractivity contribution in [3.8, 4) is 11.5 Å². The fourth-order valence-electron chi connectivity index (χ4n) is 2.80. The normalized spacial score (nSPS) is 16.0. The molecule has 0 bridgehead atoms.